The summed E-state index contributed by atoms with van der Waals surface area (Å²) in [4.78, 5) is 42.0. The second kappa shape index (κ2) is 11.3. The predicted octanol–water partition coefficient (Wildman–Crippen LogP) is 3.97. The number of fused-ring (bicyclic) bond motifs is 1. The number of ether oxygens (including phenoxy) is 3. The molecule has 0 saturated carbocycles. The molecule has 0 aliphatic carbocycles. The molecule has 3 heterocycles. The minimum Gasteiger partial charge on any atom is -0.489 e. The fourth-order valence-electron chi connectivity index (χ4n) is 5.03. The highest BCUT2D eigenvalue weighted by Gasteiger charge is 2.41. The van der Waals surface area contributed by atoms with Gasteiger partial charge >= 0.3 is 24.3 Å². The number of imidazole rings is 1. The second-order valence-corrected chi connectivity index (χ2v) is 10.4. The third-order valence-corrected chi connectivity index (χ3v) is 7.05. The fraction of sp³-hybridized carbons (Fsp3) is 0.370. The Hall–Kier alpha value is -5.02. The van der Waals surface area contributed by atoms with Crippen LogP contribution in [-0.4, -0.2) is 85.6 Å². The molecule has 2 unspecified atom stereocenters. The minimum atomic E-state index is -4.82. The van der Waals surface area contributed by atoms with Crippen LogP contribution in [0.1, 0.15) is 22.8 Å². The molecule has 1 saturated heterocycles. The van der Waals surface area contributed by atoms with Gasteiger partial charge in [-0.05, 0) is 60.2 Å². The quantitative estimate of drug-likeness (QED) is 0.297. The van der Waals surface area contributed by atoms with Crippen molar-refractivity contribution < 1.29 is 47.0 Å². The zero-order valence-electron chi connectivity index (χ0n) is 22.7. The highest BCUT2D eigenvalue weighted by Crippen LogP contribution is 2.31. The summed E-state index contributed by atoms with van der Waals surface area (Å²) in [7, 11) is 0. The van der Waals surface area contributed by atoms with Crippen molar-refractivity contribution in [3.05, 3.63) is 76.0 Å². The Labute approximate surface area is 242 Å². The largest absolute Gasteiger partial charge is 0.573 e. The first-order valence-corrected chi connectivity index (χ1v) is 13.1. The number of nitro groups is 1. The summed E-state index contributed by atoms with van der Waals surface area (Å²) in [6.45, 7) is 2.52. The summed E-state index contributed by atoms with van der Waals surface area (Å²) >= 11 is 0. The third-order valence-electron chi connectivity index (χ3n) is 7.05. The molecule has 0 spiro atoms. The van der Waals surface area contributed by atoms with Gasteiger partial charge in [-0.1, -0.05) is 12.1 Å². The number of hydrogen-bond acceptors (Lipinski definition) is 8. The molecule has 2 aliphatic rings. The standard InChI is InChI=1S/C27H26F3N5O8/c1-26(15-33-14-22(35(39)40)31-24(33)43-26)16-41-20-8-4-18(5-9-20)23(36)32-10-11-34(25(37)38)19(13-32)12-17-2-6-21(7-3-17)42-27(28,29)30/h2-9,14,19H,10-13,15-16H2,1H3,(H,37,38). The molecule has 2 amide bonds. The van der Waals surface area contributed by atoms with Crippen LogP contribution in [-0.2, 0) is 13.0 Å². The molecular formula is C27H26F3N5O8. The van der Waals surface area contributed by atoms with Gasteiger partial charge in [0.2, 0.25) is 0 Å². The zero-order valence-corrected chi connectivity index (χ0v) is 22.7. The fourth-order valence-corrected chi connectivity index (χ4v) is 5.03. The van der Waals surface area contributed by atoms with E-state index < -0.39 is 29.0 Å². The molecule has 2 aliphatic heterocycles. The van der Waals surface area contributed by atoms with Gasteiger partial charge in [0.1, 0.15) is 24.3 Å². The monoisotopic (exact) mass is 605 g/mol. The Kier molecular flexibility index (Phi) is 7.77. The van der Waals surface area contributed by atoms with E-state index in [2.05, 4.69) is 9.72 Å². The Balaban J connectivity index is 1.18. The number of nitrogens with zero attached hydrogens (tertiary/aromatic N) is 5. The maximum Gasteiger partial charge on any atom is 0.573 e. The highest BCUT2D eigenvalue weighted by molar-refractivity contribution is 5.94. The number of amides is 2. The van der Waals surface area contributed by atoms with Crippen LogP contribution in [0.2, 0.25) is 0 Å². The number of halogens is 3. The van der Waals surface area contributed by atoms with E-state index in [0.717, 1.165) is 12.1 Å². The van der Waals surface area contributed by atoms with E-state index >= 15 is 0 Å². The van der Waals surface area contributed by atoms with E-state index in [0.29, 0.717) is 23.4 Å². The molecule has 13 nitrogen and oxygen atoms in total. The average molecular weight is 606 g/mol. The molecule has 43 heavy (non-hydrogen) atoms. The Bertz CT molecular complexity index is 1490. The van der Waals surface area contributed by atoms with E-state index in [1.165, 1.54) is 32.7 Å². The number of piperazine rings is 1. The summed E-state index contributed by atoms with van der Waals surface area (Å²) < 4.78 is 54.4. The molecule has 5 rings (SSSR count). The number of carbonyl (C=O) groups excluding carboxylic acids is 1. The molecular weight excluding hydrogens is 579 g/mol. The Morgan fingerprint density at radius 3 is 2.42 bits per heavy atom. The molecule has 0 bridgehead atoms. The van der Waals surface area contributed by atoms with Gasteiger partial charge in [0, 0.05) is 30.2 Å². The summed E-state index contributed by atoms with van der Waals surface area (Å²) in [5, 5.41) is 20.6. The smallest absolute Gasteiger partial charge is 0.489 e. The normalized spacial score (nSPS) is 19.9. The first-order chi connectivity index (χ1) is 20.3. The highest BCUT2D eigenvalue weighted by atomic mass is 19.4. The number of hydrogen-bond donors (Lipinski definition) is 1. The van der Waals surface area contributed by atoms with Crippen LogP contribution < -0.4 is 14.2 Å². The van der Waals surface area contributed by atoms with Crippen LogP contribution in [0.15, 0.2) is 54.7 Å². The van der Waals surface area contributed by atoms with Gasteiger partial charge in [-0.3, -0.25) is 9.36 Å². The first-order valence-electron chi connectivity index (χ1n) is 13.1. The molecule has 1 aromatic heterocycles. The summed E-state index contributed by atoms with van der Waals surface area (Å²) in [5.74, 6) is -0.540. The molecule has 0 radical (unpaired) electrons. The number of rotatable bonds is 8. The molecule has 1 fully saturated rings. The van der Waals surface area contributed by atoms with Crippen LogP contribution in [0.3, 0.4) is 0 Å². The topological polar surface area (TPSA) is 150 Å². The maximum absolute atomic E-state index is 13.3. The van der Waals surface area contributed by atoms with Crippen molar-refractivity contribution in [2.75, 3.05) is 26.2 Å². The first kappa shape index (κ1) is 29.5. The SMILES string of the molecule is CC1(COc2ccc(C(=O)N3CCN(C(=O)O)C(Cc4ccc(OC(F)(F)F)cc4)C3)cc2)Cn2cc([N+](=O)[O-])nc2O1. The molecule has 1 N–H and O–H groups in total. The van der Waals surface area contributed by atoms with E-state index in [4.69, 9.17) is 9.47 Å². The number of aromatic nitrogens is 2. The van der Waals surface area contributed by atoms with Crippen LogP contribution in [0.5, 0.6) is 17.5 Å². The van der Waals surface area contributed by atoms with Crippen molar-refractivity contribution in [1.29, 1.82) is 0 Å². The number of carboxylic acid groups (broad SMARTS) is 1. The lowest BCUT2D eigenvalue weighted by molar-refractivity contribution is -0.389. The van der Waals surface area contributed by atoms with Crippen molar-refractivity contribution >= 4 is 17.8 Å². The van der Waals surface area contributed by atoms with E-state index in [-0.39, 0.29) is 56.1 Å². The lowest BCUT2D eigenvalue weighted by Crippen LogP contribution is -2.57. The van der Waals surface area contributed by atoms with E-state index in [9.17, 15) is 38.0 Å². The van der Waals surface area contributed by atoms with Crippen molar-refractivity contribution in [3.8, 4) is 17.5 Å². The number of benzene rings is 2. The average Bonchev–Trinajstić information content (AvgIpc) is 3.48. The Morgan fingerprint density at radius 1 is 1.14 bits per heavy atom. The minimum absolute atomic E-state index is 0.0709. The van der Waals surface area contributed by atoms with E-state index in [1.54, 1.807) is 31.2 Å². The molecule has 3 aromatic rings. The predicted molar refractivity (Wildman–Crippen MR) is 141 cm³/mol. The van der Waals surface area contributed by atoms with Crippen LogP contribution >= 0.6 is 0 Å². The molecule has 228 valence electrons. The van der Waals surface area contributed by atoms with Gasteiger partial charge in [-0.2, -0.15) is 0 Å². The molecule has 2 aromatic carbocycles. The van der Waals surface area contributed by atoms with Gasteiger partial charge < -0.3 is 39.2 Å². The maximum atomic E-state index is 13.3. The van der Waals surface area contributed by atoms with Crippen molar-refractivity contribution in [3.63, 3.8) is 0 Å². The third kappa shape index (κ3) is 6.90. The van der Waals surface area contributed by atoms with Crippen molar-refractivity contribution in [2.45, 2.75) is 37.9 Å². The van der Waals surface area contributed by atoms with Crippen LogP contribution in [0.4, 0.5) is 23.8 Å². The Morgan fingerprint density at radius 2 is 1.81 bits per heavy atom. The van der Waals surface area contributed by atoms with Gasteiger partial charge in [-0.15, -0.1) is 13.2 Å². The lowest BCUT2D eigenvalue weighted by Gasteiger charge is -2.40. The molecule has 2 atom stereocenters. The van der Waals surface area contributed by atoms with Crippen molar-refractivity contribution in [2.24, 2.45) is 0 Å². The van der Waals surface area contributed by atoms with Gasteiger partial charge in [0.15, 0.2) is 5.60 Å². The number of alkyl halides is 3. The van der Waals surface area contributed by atoms with Gasteiger partial charge in [0.25, 0.3) is 5.91 Å². The number of carbonyl (C=O) groups is 2. The van der Waals surface area contributed by atoms with E-state index in [1.807, 2.05) is 0 Å². The van der Waals surface area contributed by atoms with Crippen LogP contribution in [0.25, 0.3) is 0 Å². The van der Waals surface area contributed by atoms with Crippen LogP contribution in [0, 0.1) is 10.1 Å². The summed E-state index contributed by atoms with van der Waals surface area (Å²) in [5.41, 5.74) is 0.138. The lowest BCUT2D eigenvalue weighted by atomic mass is 10.0. The molecule has 16 heteroatoms. The van der Waals surface area contributed by atoms with Gasteiger partial charge in [-0.25, -0.2) is 4.79 Å². The second-order valence-electron chi connectivity index (χ2n) is 10.4. The zero-order chi connectivity index (χ0) is 30.9. The van der Waals surface area contributed by atoms with Crippen molar-refractivity contribution in [1.82, 2.24) is 19.4 Å². The summed E-state index contributed by atoms with van der Waals surface area (Å²) in [6, 6.07) is 11.1. The van der Waals surface area contributed by atoms with Gasteiger partial charge in [0.05, 0.1) is 12.6 Å². The summed E-state index contributed by atoms with van der Waals surface area (Å²) in [6.07, 6.45) is -4.50.